The predicted octanol–water partition coefficient (Wildman–Crippen LogP) is 4.55. The molecule has 1 heterocycles. The van der Waals surface area contributed by atoms with Gasteiger partial charge >= 0.3 is 0 Å². The summed E-state index contributed by atoms with van der Waals surface area (Å²) in [6.45, 7) is 2.68. The van der Waals surface area contributed by atoms with E-state index in [1.807, 2.05) is 60.7 Å². The quantitative estimate of drug-likeness (QED) is 0.489. The van der Waals surface area contributed by atoms with Crippen molar-refractivity contribution in [3.05, 3.63) is 78.4 Å². The highest BCUT2D eigenvalue weighted by atomic mass is 32.2. The van der Waals surface area contributed by atoms with E-state index in [2.05, 4.69) is 0 Å². The van der Waals surface area contributed by atoms with Crippen molar-refractivity contribution in [2.75, 3.05) is 13.2 Å². The minimum absolute atomic E-state index is 0.252. The van der Waals surface area contributed by atoms with E-state index in [0.717, 1.165) is 16.3 Å². The Morgan fingerprint density at radius 3 is 2.48 bits per heavy atom. The molecule has 0 amide bonds. The van der Waals surface area contributed by atoms with E-state index in [9.17, 15) is 8.42 Å². The Kier molecular flexibility index (Phi) is 6.67. The minimum atomic E-state index is -3.71. The van der Waals surface area contributed by atoms with Gasteiger partial charge in [-0.2, -0.15) is 4.31 Å². The van der Waals surface area contributed by atoms with Crippen LogP contribution in [0.2, 0.25) is 0 Å². The Hall–Kier alpha value is -2.32. The molecule has 0 saturated carbocycles. The minimum Gasteiger partial charge on any atom is -0.483 e. The molecule has 162 valence electrons. The average molecular weight is 456 g/mol. The van der Waals surface area contributed by atoms with Crippen molar-refractivity contribution >= 4 is 38.1 Å². The Morgan fingerprint density at radius 2 is 1.74 bits per heavy atom. The number of rotatable bonds is 7. The van der Waals surface area contributed by atoms with E-state index in [0.29, 0.717) is 18.1 Å². The number of fused-ring (bicyclic) bond motifs is 1. The van der Waals surface area contributed by atoms with Gasteiger partial charge in [-0.1, -0.05) is 60.7 Å². The molecule has 0 aromatic heterocycles. The highest BCUT2D eigenvalue weighted by molar-refractivity contribution is 7.89. The van der Waals surface area contributed by atoms with Crippen LogP contribution in [0.15, 0.2) is 77.7 Å². The fourth-order valence-electron chi connectivity index (χ4n) is 3.96. The van der Waals surface area contributed by atoms with Gasteiger partial charge in [0.05, 0.1) is 30.7 Å². The van der Waals surface area contributed by atoms with Gasteiger partial charge in [0, 0.05) is 13.3 Å². The van der Waals surface area contributed by atoms with E-state index in [-0.39, 0.29) is 30.2 Å². The van der Waals surface area contributed by atoms with Gasteiger partial charge in [-0.05, 0) is 40.7 Å². The van der Waals surface area contributed by atoms with Crippen molar-refractivity contribution in [1.82, 2.24) is 4.31 Å². The van der Waals surface area contributed by atoms with Crippen molar-refractivity contribution in [2.24, 2.45) is 0 Å². The van der Waals surface area contributed by atoms with Gasteiger partial charge in [0.25, 0.3) is 0 Å². The maximum Gasteiger partial charge on any atom is 0.243 e. The number of thiocarbonyl (C=S) groups is 1. The second-order valence-corrected chi connectivity index (χ2v) is 10.2. The Bertz CT molecular complexity index is 1160. The Morgan fingerprint density at radius 1 is 1.03 bits per heavy atom. The summed E-state index contributed by atoms with van der Waals surface area (Å²) in [5.74, 6) is 0. The third kappa shape index (κ3) is 5.13. The van der Waals surface area contributed by atoms with Crippen LogP contribution in [0, 0.1) is 0 Å². The summed E-state index contributed by atoms with van der Waals surface area (Å²) < 4.78 is 40.2. The first-order valence-electron chi connectivity index (χ1n) is 10.2. The van der Waals surface area contributed by atoms with Gasteiger partial charge in [-0.15, -0.1) is 0 Å². The molecule has 3 aromatic rings. The number of hydrogen-bond acceptors (Lipinski definition) is 5. The van der Waals surface area contributed by atoms with Crippen LogP contribution in [0.1, 0.15) is 18.9 Å². The maximum absolute atomic E-state index is 13.5. The first kappa shape index (κ1) is 21.9. The lowest BCUT2D eigenvalue weighted by Gasteiger charge is -2.24. The normalized spacial score (nSPS) is 19.5. The smallest absolute Gasteiger partial charge is 0.243 e. The molecule has 3 aromatic carbocycles. The van der Waals surface area contributed by atoms with E-state index in [1.54, 1.807) is 19.1 Å². The van der Waals surface area contributed by atoms with Crippen LogP contribution < -0.4 is 0 Å². The predicted molar refractivity (Wildman–Crippen MR) is 125 cm³/mol. The summed E-state index contributed by atoms with van der Waals surface area (Å²) >= 11 is 5.08. The largest absolute Gasteiger partial charge is 0.483 e. The fraction of sp³-hybridized carbons (Fsp3) is 0.292. The molecule has 5 nitrogen and oxygen atoms in total. The van der Waals surface area contributed by atoms with Crippen molar-refractivity contribution in [2.45, 2.75) is 37.0 Å². The monoisotopic (exact) mass is 455 g/mol. The lowest BCUT2D eigenvalue weighted by atomic mass is 10.1. The van der Waals surface area contributed by atoms with Gasteiger partial charge in [-0.3, -0.25) is 0 Å². The fourth-order valence-corrected chi connectivity index (χ4v) is 5.79. The number of ether oxygens (including phenoxy) is 2. The SMILES string of the molecule is CC(=S)O[C@H]1C[C@@H](COCc2ccccc2)N(S(=O)(=O)c2ccc3ccccc3c2)C1. The molecule has 7 heteroatoms. The van der Waals surface area contributed by atoms with Gasteiger partial charge in [0.15, 0.2) is 5.05 Å². The molecule has 2 atom stereocenters. The molecular formula is C24H25NO4S2. The zero-order valence-electron chi connectivity index (χ0n) is 17.3. The number of nitrogens with zero attached hydrogens (tertiary/aromatic N) is 1. The summed E-state index contributed by atoms with van der Waals surface area (Å²) in [6, 6.07) is 22.5. The molecule has 1 aliphatic heterocycles. The second kappa shape index (κ2) is 9.44. The summed E-state index contributed by atoms with van der Waals surface area (Å²) in [4.78, 5) is 0.277. The average Bonchev–Trinajstić information content (AvgIpc) is 3.16. The lowest BCUT2D eigenvalue weighted by Crippen LogP contribution is -2.38. The maximum atomic E-state index is 13.5. The molecule has 0 N–H and O–H groups in total. The number of benzene rings is 3. The number of hydrogen-bond donors (Lipinski definition) is 0. The highest BCUT2D eigenvalue weighted by Gasteiger charge is 2.41. The second-order valence-electron chi connectivity index (χ2n) is 7.71. The summed E-state index contributed by atoms with van der Waals surface area (Å²) in [5.41, 5.74) is 1.05. The summed E-state index contributed by atoms with van der Waals surface area (Å²) in [5, 5.41) is 2.31. The molecule has 0 radical (unpaired) electrons. The highest BCUT2D eigenvalue weighted by Crippen LogP contribution is 2.30. The topological polar surface area (TPSA) is 55.8 Å². The molecule has 31 heavy (non-hydrogen) atoms. The molecule has 0 bridgehead atoms. The van der Waals surface area contributed by atoms with Crippen molar-refractivity contribution in [1.29, 1.82) is 0 Å². The zero-order valence-corrected chi connectivity index (χ0v) is 18.9. The van der Waals surface area contributed by atoms with Crippen molar-refractivity contribution in [3.8, 4) is 0 Å². The molecular weight excluding hydrogens is 430 g/mol. The molecule has 1 aliphatic rings. The van der Waals surface area contributed by atoms with Crippen molar-refractivity contribution in [3.63, 3.8) is 0 Å². The molecule has 4 rings (SSSR count). The summed E-state index contributed by atoms with van der Waals surface area (Å²) in [7, 11) is -3.71. The van der Waals surface area contributed by atoms with E-state index in [4.69, 9.17) is 21.7 Å². The first-order valence-corrected chi connectivity index (χ1v) is 12.1. The van der Waals surface area contributed by atoms with Crippen LogP contribution in [0.4, 0.5) is 0 Å². The molecule has 0 aliphatic carbocycles. The third-order valence-corrected chi connectivity index (χ3v) is 7.42. The van der Waals surface area contributed by atoms with Gasteiger partial charge in [0.2, 0.25) is 10.0 Å². The van der Waals surface area contributed by atoms with Gasteiger partial charge in [-0.25, -0.2) is 8.42 Å². The van der Waals surface area contributed by atoms with E-state index < -0.39 is 10.0 Å². The zero-order chi connectivity index (χ0) is 21.8. The van der Waals surface area contributed by atoms with Crippen LogP contribution in [0.5, 0.6) is 0 Å². The Balaban J connectivity index is 1.55. The molecule has 1 saturated heterocycles. The van der Waals surface area contributed by atoms with Crippen molar-refractivity contribution < 1.29 is 17.9 Å². The van der Waals surface area contributed by atoms with Crippen LogP contribution >= 0.6 is 12.2 Å². The van der Waals surface area contributed by atoms with Crippen LogP contribution in [0.25, 0.3) is 10.8 Å². The molecule has 0 spiro atoms. The molecule has 0 unspecified atom stereocenters. The molecule has 1 fully saturated rings. The lowest BCUT2D eigenvalue weighted by molar-refractivity contribution is 0.0861. The van der Waals surface area contributed by atoms with E-state index in [1.165, 1.54) is 4.31 Å². The first-order chi connectivity index (χ1) is 14.9. The summed E-state index contributed by atoms with van der Waals surface area (Å²) in [6.07, 6.45) is 0.258. The Labute approximate surface area is 188 Å². The van der Waals surface area contributed by atoms with Crippen LogP contribution in [-0.2, 0) is 26.1 Å². The van der Waals surface area contributed by atoms with Gasteiger partial charge < -0.3 is 9.47 Å². The van der Waals surface area contributed by atoms with Crippen LogP contribution in [-0.4, -0.2) is 43.1 Å². The number of sulfonamides is 1. The van der Waals surface area contributed by atoms with E-state index >= 15 is 0 Å². The standard InChI is InChI=1S/C24H25NO4S2/c1-18(30)29-23-14-22(17-28-16-19-7-3-2-4-8-19)25(15-23)31(26,27)24-12-11-20-9-5-6-10-21(20)13-24/h2-13,22-23H,14-17H2,1H3/t22-,23-/m0/s1. The van der Waals surface area contributed by atoms with Gasteiger partial charge in [0.1, 0.15) is 6.10 Å². The van der Waals surface area contributed by atoms with Crippen LogP contribution in [0.3, 0.4) is 0 Å². The third-order valence-electron chi connectivity index (χ3n) is 5.41.